The predicted molar refractivity (Wildman–Crippen MR) is 234 cm³/mol. The fourth-order valence-electron chi connectivity index (χ4n) is 5.71. The number of benzene rings is 4. The Morgan fingerprint density at radius 1 is 0.769 bits per heavy atom. The molecule has 2 N–H and O–H groups in total. The Balaban J connectivity index is 0.000000257. The van der Waals surface area contributed by atoms with Crippen LogP contribution in [0, 0.1) is 25.5 Å². The van der Waals surface area contributed by atoms with Gasteiger partial charge in [-0.1, -0.05) is 136 Å². The molecular formula is C44H52Cl2F2N2P2. The highest BCUT2D eigenvalue weighted by molar-refractivity contribution is 7.51. The molecule has 0 spiro atoms. The van der Waals surface area contributed by atoms with Crippen LogP contribution in [0.2, 0.25) is 10.0 Å². The van der Waals surface area contributed by atoms with Crippen LogP contribution in [0.4, 0.5) is 14.5 Å². The van der Waals surface area contributed by atoms with Crippen LogP contribution in [0.15, 0.2) is 97.1 Å². The topological polar surface area (TPSA) is 24.1 Å². The van der Waals surface area contributed by atoms with Crippen molar-refractivity contribution < 1.29 is 8.78 Å². The lowest BCUT2D eigenvalue weighted by atomic mass is 9.96. The molecule has 0 saturated heterocycles. The number of nitrogens with one attached hydrogen (secondary N) is 2. The van der Waals surface area contributed by atoms with Crippen molar-refractivity contribution in [3.63, 3.8) is 0 Å². The van der Waals surface area contributed by atoms with Gasteiger partial charge in [0.15, 0.2) is 0 Å². The second-order valence-electron chi connectivity index (χ2n) is 11.5. The largest absolute Gasteiger partial charge is 0.385 e. The average molecular weight is 780 g/mol. The van der Waals surface area contributed by atoms with Gasteiger partial charge in [-0.2, -0.15) is 0 Å². The van der Waals surface area contributed by atoms with Gasteiger partial charge in [0, 0.05) is 41.0 Å². The van der Waals surface area contributed by atoms with Crippen molar-refractivity contribution in [1.82, 2.24) is 5.32 Å². The molecule has 2 atom stereocenters. The molecule has 2 aliphatic rings. The highest BCUT2D eigenvalue weighted by atomic mass is 35.5. The van der Waals surface area contributed by atoms with Gasteiger partial charge in [0.2, 0.25) is 0 Å². The van der Waals surface area contributed by atoms with Gasteiger partial charge < -0.3 is 10.6 Å². The minimum Gasteiger partial charge on any atom is -0.385 e. The summed E-state index contributed by atoms with van der Waals surface area (Å²) in [7, 11) is 1.52. The van der Waals surface area contributed by atoms with E-state index in [2.05, 4.69) is 92.9 Å². The summed E-state index contributed by atoms with van der Waals surface area (Å²) in [6.07, 6.45) is 10.7. The number of anilines is 1. The number of dihydropyridines is 1. The Bertz CT molecular complexity index is 1930. The third-order valence-corrected chi connectivity index (χ3v) is 11.3. The maximum atomic E-state index is 14.4. The van der Waals surface area contributed by atoms with Gasteiger partial charge in [-0.05, 0) is 107 Å². The SMILES string of the molecule is CC.CC.CCNc1cc(C2=C(c3cccc(Cl)c3)PCC=C2)ccc1C.CCPc1cc(C2=C(c3cc(Cl)c(F)cc3F)NCC=C2)ccc1C. The van der Waals surface area contributed by atoms with Crippen molar-refractivity contribution in [2.75, 3.05) is 30.7 Å². The average Bonchev–Trinajstić information content (AvgIpc) is 3.17. The highest BCUT2D eigenvalue weighted by Gasteiger charge is 2.19. The maximum Gasteiger partial charge on any atom is 0.144 e. The summed E-state index contributed by atoms with van der Waals surface area (Å²) in [6, 6.07) is 23.3. The number of rotatable bonds is 8. The number of hydrogen-bond acceptors (Lipinski definition) is 2. The first-order valence-corrected chi connectivity index (χ1v) is 21.3. The lowest BCUT2D eigenvalue weighted by Crippen LogP contribution is -2.18. The first-order chi connectivity index (χ1) is 25.2. The Labute approximate surface area is 324 Å². The van der Waals surface area contributed by atoms with E-state index < -0.39 is 11.6 Å². The third-order valence-electron chi connectivity index (χ3n) is 8.13. The minimum atomic E-state index is -0.752. The lowest BCUT2D eigenvalue weighted by molar-refractivity contribution is 0.580. The molecule has 0 radical (unpaired) electrons. The fraction of sp³-hybridized carbons (Fsp3) is 0.273. The van der Waals surface area contributed by atoms with Gasteiger partial charge in [-0.3, -0.25) is 0 Å². The van der Waals surface area contributed by atoms with E-state index in [0.29, 0.717) is 12.2 Å². The smallest absolute Gasteiger partial charge is 0.144 e. The standard InChI is InChI=1S/C20H19ClF2NP.C20H21ClNP.2C2H6/c1-3-25-19-9-13(7-6-12(19)2)14-5-4-8-24-20(14)15-10-16(21)18(23)11-17(15)22;1-3-22-19-13-15(10-9-14(19)2)18-8-5-11-23-20(18)16-6-4-7-17(21)12-16;2*1-2/h4-7,9-11,24-25H,3,8H2,1-2H3;4-10,12-13,22-23H,3,11H2,1-2H3;2*1-2H3. The van der Waals surface area contributed by atoms with E-state index in [1.807, 2.05) is 58.0 Å². The summed E-state index contributed by atoms with van der Waals surface area (Å²) in [5, 5.41) is 10.1. The van der Waals surface area contributed by atoms with Crippen LogP contribution in [0.1, 0.15) is 74.9 Å². The maximum absolute atomic E-state index is 14.4. The first kappa shape index (κ1) is 43.1. The molecule has 0 amide bonds. The highest BCUT2D eigenvalue weighted by Crippen LogP contribution is 2.44. The predicted octanol–water partition coefficient (Wildman–Crippen LogP) is 13.5. The van der Waals surface area contributed by atoms with Gasteiger partial charge in [0.05, 0.1) is 10.7 Å². The van der Waals surface area contributed by atoms with Crippen molar-refractivity contribution >= 4 is 73.5 Å². The molecule has 2 nitrogen and oxygen atoms in total. The first-order valence-electron chi connectivity index (χ1n) is 18.1. The van der Waals surface area contributed by atoms with Crippen LogP contribution >= 0.6 is 40.4 Å². The molecule has 276 valence electrons. The van der Waals surface area contributed by atoms with Crippen molar-refractivity contribution in [2.24, 2.45) is 0 Å². The molecule has 52 heavy (non-hydrogen) atoms. The summed E-state index contributed by atoms with van der Waals surface area (Å²) in [5.74, 6) is -1.38. The zero-order valence-electron chi connectivity index (χ0n) is 31.6. The molecular weight excluding hydrogens is 727 g/mol. The van der Waals surface area contributed by atoms with Gasteiger partial charge in [-0.15, -0.1) is 0 Å². The van der Waals surface area contributed by atoms with Crippen LogP contribution < -0.4 is 15.9 Å². The summed E-state index contributed by atoms with van der Waals surface area (Å²) < 4.78 is 27.9. The minimum absolute atomic E-state index is 0.0864. The fourth-order valence-corrected chi connectivity index (χ4v) is 8.28. The van der Waals surface area contributed by atoms with Crippen LogP contribution in [-0.4, -0.2) is 25.4 Å². The monoisotopic (exact) mass is 778 g/mol. The number of hydrogen-bond donors (Lipinski definition) is 2. The molecule has 0 saturated carbocycles. The van der Waals surface area contributed by atoms with Gasteiger partial charge in [0.1, 0.15) is 11.6 Å². The van der Waals surface area contributed by atoms with Crippen LogP contribution in [-0.2, 0) is 0 Å². The van der Waals surface area contributed by atoms with Gasteiger partial charge >= 0.3 is 0 Å². The normalized spacial score (nSPS) is 13.9. The van der Waals surface area contributed by atoms with Crippen molar-refractivity contribution in [2.45, 2.75) is 55.4 Å². The summed E-state index contributed by atoms with van der Waals surface area (Å²) in [4.78, 5) is 0. The van der Waals surface area contributed by atoms with Crippen molar-refractivity contribution in [3.8, 4) is 0 Å². The molecule has 4 aromatic carbocycles. The van der Waals surface area contributed by atoms with Crippen molar-refractivity contribution in [1.29, 1.82) is 0 Å². The van der Waals surface area contributed by atoms with E-state index in [0.717, 1.165) is 58.3 Å². The molecule has 0 aliphatic carbocycles. The van der Waals surface area contributed by atoms with Crippen molar-refractivity contribution in [3.05, 3.63) is 152 Å². The van der Waals surface area contributed by atoms with Crippen LogP contribution in [0.25, 0.3) is 22.2 Å². The Kier molecular flexibility index (Phi) is 18.3. The quantitative estimate of drug-likeness (QED) is 0.137. The molecule has 2 aliphatic heterocycles. The molecule has 2 unspecified atom stereocenters. The second kappa shape index (κ2) is 22.1. The Morgan fingerprint density at radius 3 is 2.15 bits per heavy atom. The molecule has 0 fully saturated rings. The molecule has 8 heteroatoms. The molecule has 0 bridgehead atoms. The Hall–Kier alpha value is -3.26. The Morgan fingerprint density at radius 2 is 1.46 bits per heavy atom. The molecule has 2 heterocycles. The van der Waals surface area contributed by atoms with E-state index in [1.54, 1.807) is 0 Å². The molecule has 0 aromatic heterocycles. The van der Waals surface area contributed by atoms with Crippen LogP contribution in [0.5, 0.6) is 0 Å². The van der Waals surface area contributed by atoms with Crippen LogP contribution in [0.3, 0.4) is 0 Å². The third kappa shape index (κ3) is 11.4. The number of halogens is 4. The van der Waals surface area contributed by atoms with E-state index in [9.17, 15) is 8.78 Å². The van der Waals surface area contributed by atoms with Gasteiger partial charge in [0.25, 0.3) is 0 Å². The summed E-state index contributed by atoms with van der Waals surface area (Å²) in [5.41, 5.74) is 10.4. The summed E-state index contributed by atoms with van der Waals surface area (Å²) >= 11 is 12.1. The van der Waals surface area contributed by atoms with E-state index in [-0.39, 0.29) is 10.6 Å². The molecule has 6 rings (SSSR count). The van der Waals surface area contributed by atoms with E-state index in [4.69, 9.17) is 23.2 Å². The number of aryl methyl sites for hydroxylation is 2. The van der Waals surface area contributed by atoms with E-state index >= 15 is 0 Å². The number of allylic oxidation sites excluding steroid dienone is 5. The second-order valence-corrected chi connectivity index (χ2v) is 15.2. The van der Waals surface area contributed by atoms with E-state index in [1.165, 1.54) is 50.2 Å². The summed E-state index contributed by atoms with van der Waals surface area (Å²) in [6.45, 7) is 18.1. The van der Waals surface area contributed by atoms with Gasteiger partial charge in [-0.25, -0.2) is 8.78 Å². The lowest BCUT2D eigenvalue weighted by Gasteiger charge is -2.20. The zero-order valence-corrected chi connectivity index (χ0v) is 35.1. The molecule has 4 aromatic rings. The zero-order chi connectivity index (χ0) is 38.2.